The Morgan fingerprint density at radius 3 is 2.07 bits per heavy atom. The first kappa shape index (κ1) is 20.5. The zero-order valence-corrected chi connectivity index (χ0v) is 16.6. The van der Waals surface area contributed by atoms with Gasteiger partial charge in [0.05, 0.1) is 18.8 Å². The summed E-state index contributed by atoms with van der Waals surface area (Å²) in [7, 11) is 0. The second kappa shape index (κ2) is 8.55. The fourth-order valence-electron chi connectivity index (χ4n) is 3.87. The summed E-state index contributed by atoms with van der Waals surface area (Å²) >= 11 is 0. The highest BCUT2D eigenvalue weighted by Crippen LogP contribution is 2.32. The van der Waals surface area contributed by atoms with Gasteiger partial charge in [-0.15, -0.1) is 0 Å². The molecule has 0 radical (unpaired) electrons. The van der Waals surface area contributed by atoms with Crippen molar-refractivity contribution >= 4 is 17.3 Å². The Balaban J connectivity index is 1.36. The predicted octanol–water partition coefficient (Wildman–Crippen LogP) is 3.50. The van der Waals surface area contributed by atoms with Gasteiger partial charge in [-0.1, -0.05) is 6.07 Å². The molecule has 2 aliphatic rings. The number of amides is 1. The molecule has 2 heterocycles. The second-order valence-corrected chi connectivity index (χ2v) is 7.47. The van der Waals surface area contributed by atoms with Gasteiger partial charge in [0.2, 0.25) is 0 Å². The number of alkyl halides is 3. The first-order valence-electron chi connectivity index (χ1n) is 10.1. The standard InChI is InChI=1S/C22H24F3N3O2/c23-22(24,25)18-2-1-3-20(16-18)26-8-10-28(11-9-26)21(29)17-4-6-19(7-5-17)27-12-14-30-15-13-27/h1-7,16H,8-15H2. The molecule has 2 fully saturated rings. The Morgan fingerprint density at radius 1 is 0.800 bits per heavy atom. The molecule has 0 aromatic heterocycles. The molecule has 160 valence electrons. The lowest BCUT2D eigenvalue weighted by Gasteiger charge is -2.36. The molecule has 5 nitrogen and oxygen atoms in total. The topological polar surface area (TPSA) is 36.0 Å². The number of piperazine rings is 1. The summed E-state index contributed by atoms with van der Waals surface area (Å²) in [5, 5.41) is 0. The molecule has 0 saturated carbocycles. The predicted molar refractivity (Wildman–Crippen MR) is 109 cm³/mol. The number of hydrogen-bond acceptors (Lipinski definition) is 4. The first-order chi connectivity index (χ1) is 14.4. The van der Waals surface area contributed by atoms with Crippen LogP contribution < -0.4 is 9.80 Å². The minimum Gasteiger partial charge on any atom is -0.378 e. The number of hydrogen-bond donors (Lipinski definition) is 0. The number of anilines is 2. The van der Waals surface area contributed by atoms with Crippen LogP contribution >= 0.6 is 0 Å². The number of rotatable bonds is 3. The van der Waals surface area contributed by atoms with Crippen LogP contribution in [0.2, 0.25) is 0 Å². The van der Waals surface area contributed by atoms with Crippen LogP contribution in [0, 0.1) is 0 Å². The van der Waals surface area contributed by atoms with E-state index in [1.165, 1.54) is 12.1 Å². The molecule has 2 saturated heterocycles. The third kappa shape index (κ3) is 4.53. The van der Waals surface area contributed by atoms with Gasteiger partial charge in [-0.25, -0.2) is 0 Å². The third-order valence-corrected chi connectivity index (χ3v) is 5.60. The van der Waals surface area contributed by atoms with Crippen molar-refractivity contribution in [1.82, 2.24) is 4.90 Å². The van der Waals surface area contributed by atoms with Crippen molar-refractivity contribution < 1.29 is 22.7 Å². The lowest BCUT2D eigenvalue weighted by atomic mass is 10.1. The van der Waals surface area contributed by atoms with E-state index in [0.29, 0.717) is 50.6 Å². The Labute approximate surface area is 173 Å². The Hall–Kier alpha value is -2.74. The highest BCUT2D eigenvalue weighted by molar-refractivity contribution is 5.94. The maximum absolute atomic E-state index is 13.0. The van der Waals surface area contributed by atoms with Gasteiger partial charge in [0.1, 0.15) is 0 Å². The van der Waals surface area contributed by atoms with E-state index in [9.17, 15) is 18.0 Å². The van der Waals surface area contributed by atoms with Crippen LogP contribution in [0.25, 0.3) is 0 Å². The summed E-state index contributed by atoms with van der Waals surface area (Å²) in [6.45, 7) is 5.03. The van der Waals surface area contributed by atoms with Gasteiger partial charge in [0.15, 0.2) is 0 Å². The van der Waals surface area contributed by atoms with Crippen molar-refractivity contribution in [2.24, 2.45) is 0 Å². The van der Waals surface area contributed by atoms with Crippen LogP contribution in [0.1, 0.15) is 15.9 Å². The Kier molecular flexibility index (Phi) is 5.85. The molecule has 1 amide bonds. The van der Waals surface area contributed by atoms with E-state index in [2.05, 4.69) is 4.90 Å². The van der Waals surface area contributed by atoms with E-state index < -0.39 is 11.7 Å². The van der Waals surface area contributed by atoms with E-state index in [0.717, 1.165) is 24.8 Å². The van der Waals surface area contributed by atoms with Crippen LogP contribution in [0.15, 0.2) is 48.5 Å². The van der Waals surface area contributed by atoms with Crippen LogP contribution in [0.5, 0.6) is 0 Å². The molecular weight excluding hydrogens is 395 g/mol. The zero-order chi connectivity index (χ0) is 21.1. The van der Waals surface area contributed by atoms with Crippen molar-refractivity contribution in [2.75, 3.05) is 62.3 Å². The molecule has 2 aromatic carbocycles. The summed E-state index contributed by atoms with van der Waals surface area (Å²) in [5.74, 6) is -0.0489. The van der Waals surface area contributed by atoms with Crippen molar-refractivity contribution in [3.63, 3.8) is 0 Å². The summed E-state index contributed by atoms with van der Waals surface area (Å²) < 4.78 is 44.2. The lowest BCUT2D eigenvalue weighted by molar-refractivity contribution is -0.137. The molecule has 0 atom stereocenters. The first-order valence-corrected chi connectivity index (χ1v) is 10.1. The van der Waals surface area contributed by atoms with Gasteiger partial charge in [-0.3, -0.25) is 4.79 Å². The van der Waals surface area contributed by atoms with Gasteiger partial charge in [0.25, 0.3) is 5.91 Å². The maximum atomic E-state index is 13.0. The number of nitrogens with zero attached hydrogens (tertiary/aromatic N) is 3. The normalized spacial score (nSPS) is 17.9. The van der Waals surface area contributed by atoms with Crippen LogP contribution in [0.3, 0.4) is 0 Å². The number of carbonyl (C=O) groups excluding carboxylic acids is 1. The zero-order valence-electron chi connectivity index (χ0n) is 16.6. The average molecular weight is 419 g/mol. The Bertz CT molecular complexity index is 872. The number of benzene rings is 2. The largest absolute Gasteiger partial charge is 0.416 e. The van der Waals surface area contributed by atoms with Crippen molar-refractivity contribution in [2.45, 2.75) is 6.18 Å². The molecule has 0 N–H and O–H groups in total. The number of morpholine rings is 1. The summed E-state index contributed by atoms with van der Waals surface area (Å²) in [6, 6.07) is 12.9. The van der Waals surface area contributed by atoms with Crippen molar-refractivity contribution in [3.05, 3.63) is 59.7 Å². The molecule has 2 aliphatic heterocycles. The van der Waals surface area contributed by atoms with Crippen molar-refractivity contribution in [3.8, 4) is 0 Å². The minimum atomic E-state index is -4.36. The molecule has 2 aromatic rings. The smallest absolute Gasteiger partial charge is 0.378 e. The van der Waals surface area contributed by atoms with Gasteiger partial charge >= 0.3 is 6.18 Å². The number of ether oxygens (including phenoxy) is 1. The molecule has 0 spiro atoms. The summed E-state index contributed by atoms with van der Waals surface area (Å²) in [5.41, 5.74) is 1.58. The molecule has 0 aliphatic carbocycles. The second-order valence-electron chi connectivity index (χ2n) is 7.47. The van der Waals surface area contributed by atoms with E-state index in [4.69, 9.17) is 4.74 Å². The average Bonchev–Trinajstić information content (AvgIpc) is 2.79. The van der Waals surface area contributed by atoms with E-state index in [1.807, 2.05) is 29.2 Å². The monoisotopic (exact) mass is 419 g/mol. The molecule has 30 heavy (non-hydrogen) atoms. The highest BCUT2D eigenvalue weighted by Gasteiger charge is 2.31. The van der Waals surface area contributed by atoms with E-state index >= 15 is 0 Å². The van der Waals surface area contributed by atoms with Gasteiger partial charge in [-0.2, -0.15) is 13.2 Å². The van der Waals surface area contributed by atoms with Gasteiger partial charge in [-0.05, 0) is 42.5 Å². The Morgan fingerprint density at radius 2 is 1.43 bits per heavy atom. The molecule has 8 heteroatoms. The minimum absolute atomic E-state index is 0.0489. The fourth-order valence-corrected chi connectivity index (χ4v) is 3.87. The molecule has 0 unspecified atom stereocenters. The third-order valence-electron chi connectivity index (χ3n) is 5.60. The molecule has 0 bridgehead atoms. The maximum Gasteiger partial charge on any atom is 0.416 e. The summed E-state index contributed by atoms with van der Waals surface area (Å²) in [4.78, 5) is 18.7. The lowest BCUT2D eigenvalue weighted by Crippen LogP contribution is -2.48. The van der Waals surface area contributed by atoms with E-state index in [1.54, 1.807) is 11.0 Å². The quantitative estimate of drug-likeness (QED) is 0.763. The number of halogens is 3. The van der Waals surface area contributed by atoms with Crippen LogP contribution in [-0.4, -0.2) is 63.3 Å². The van der Waals surface area contributed by atoms with E-state index in [-0.39, 0.29) is 5.91 Å². The fraction of sp³-hybridized carbons (Fsp3) is 0.409. The number of carbonyl (C=O) groups is 1. The van der Waals surface area contributed by atoms with Crippen LogP contribution in [-0.2, 0) is 10.9 Å². The highest BCUT2D eigenvalue weighted by atomic mass is 19.4. The molecule has 4 rings (SSSR count). The molecular formula is C22H24F3N3O2. The summed E-state index contributed by atoms with van der Waals surface area (Å²) in [6.07, 6.45) is -4.36. The SMILES string of the molecule is O=C(c1ccc(N2CCOCC2)cc1)N1CCN(c2cccc(C(F)(F)F)c2)CC1. The van der Waals surface area contributed by atoms with Gasteiger partial charge < -0.3 is 19.4 Å². The van der Waals surface area contributed by atoms with Crippen molar-refractivity contribution in [1.29, 1.82) is 0 Å². The van der Waals surface area contributed by atoms with Gasteiger partial charge in [0, 0.05) is 56.2 Å². The van der Waals surface area contributed by atoms with Crippen LogP contribution in [0.4, 0.5) is 24.5 Å².